The molecule has 1 rings (SSSR count). The quantitative estimate of drug-likeness (QED) is 0.355. The van der Waals surface area contributed by atoms with E-state index in [0.29, 0.717) is 0 Å². The van der Waals surface area contributed by atoms with E-state index in [9.17, 15) is 9.59 Å². The molecule has 0 heterocycles. The van der Waals surface area contributed by atoms with Gasteiger partial charge < -0.3 is 16.2 Å². The summed E-state index contributed by atoms with van der Waals surface area (Å²) in [6.07, 6.45) is 0.277. The van der Waals surface area contributed by atoms with E-state index in [2.05, 4.69) is 5.32 Å². The second kappa shape index (κ2) is 6.72. The average Bonchev–Trinajstić information content (AvgIpc) is 2.40. The summed E-state index contributed by atoms with van der Waals surface area (Å²) in [5.74, 6) is -1.08. The maximum atomic E-state index is 11.7. The topological polar surface area (TPSA) is 125 Å². The fourth-order valence-corrected chi connectivity index (χ4v) is 1.46. The molecule has 0 radical (unpaired) electrons. The van der Waals surface area contributed by atoms with Gasteiger partial charge in [-0.1, -0.05) is 12.1 Å². The van der Waals surface area contributed by atoms with Gasteiger partial charge in [-0.05, 0) is 31.0 Å². The first-order chi connectivity index (χ1) is 8.93. The first-order valence-electron chi connectivity index (χ1n) is 5.72. The lowest BCUT2D eigenvalue weighted by molar-refractivity contribution is -0.134. The molecule has 0 spiro atoms. The lowest BCUT2D eigenvalue weighted by atomic mass is 10.1. The van der Waals surface area contributed by atoms with Gasteiger partial charge in [0.1, 0.15) is 11.8 Å². The Kier molecular flexibility index (Phi) is 5.28. The number of rotatable bonds is 5. The first kappa shape index (κ1) is 14.9. The highest BCUT2D eigenvalue weighted by molar-refractivity contribution is 5.89. The van der Waals surface area contributed by atoms with E-state index in [1.807, 2.05) is 0 Å². The highest BCUT2D eigenvalue weighted by atomic mass is 16.5. The molecule has 0 aromatic heterocycles. The Morgan fingerprint density at radius 2 is 1.84 bits per heavy atom. The van der Waals surface area contributed by atoms with Gasteiger partial charge in [0.05, 0.1) is 6.04 Å². The number of phenolic OH excluding ortho intramolecular Hbond substituents is 1. The van der Waals surface area contributed by atoms with Gasteiger partial charge in [0.25, 0.3) is 5.91 Å². The van der Waals surface area contributed by atoms with E-state index in [1.165, 1.54) is 24.5 Å². The summed E-state index contributed by atoms with van der Waals surface area (Å²) >= 11 is 0. The Labute approximate surface area is 110 Å². The van der Waals surface area contributed by atoms with E-state index in [4.69, 9.17) is 16.0 Å². The minimum absolute atomic E-state index is 0.134. The lowest BCUT2D eigenvalue weighted by Gasteiger charge is -2.16. The smallest absolute Gasteiger partial charge is 0.265 e. The molecule has 0 aliphatic rings. The first-order valence-corrected chi connectivity index (χ1v) is 5.72. The molecule has 104 valence electrons. The third kappa shape index (κ3) is 4.57. The molecule has 2 amide bonds. The molecule has 1 aromatic carbocycles. The van der Waals surface area contributed by atoms with E-state index in [-0.39, 0.29) is 12.2 Å². The van der Waals surface area contributed by atoms with Crippen LogP contribution in [0.25, 0.3) is 0 Å². The van der Waals surface area contributed by atoms with Crippen LogP contribution >= 0.6 is 0 Å². The minimum atomic E-state index is -0.872. The van der Waals surface area contributed by atoms with E-state index >= 15 is 0 Å². The average molecular weight is 267 g/mol. The van der Waals surface area contributed by atoms with Crippen LogP contribution in [-0.2, 0) is 16.0 Å². The molecule has 0 aliphatic carbocycles. The summed E-state index contributed by atoms with van der Waals surface area (Å²) in [4.78, 5) is 22.7. The summed E-state index contributed by atoms with van der Waals surface area (Å²) in [5.41, 5.74) is 7.94. The van der Waals surface area contributed by atoms with Crippen molar-refractivity contribution in [2.45, 2.75) is 25.4 Å². The molecule has 6 N–H and O–H groups in total. The SMILES string of the molecule is C[C@@H](NC(=O)[C@@H](N)Cc1ccc(O)cc1)C(=O)NO. The van der Waals surface area contributed by atoms with Gasteiger partial charge in [0, 0.05) is 0 Å². The van der Waals surface area contributed by atoms with Crippen molar-refractivity contribution in [3.63, 3.8) is 0 Å². The maximum absolute atomic E-state index is 11.7. The number of aromatic hydroxyl groups is 1. The molecule has 0 bridgehead atoms. The van der Waals surface area contributed by atoms with Crippen molar-refractivity contribution in [2.75, 3.05) is 0 Å². The van der Waals surface area contributed by atoms with Crippen LogP contribution in [0.5, 0.6) is 5.75 Å². The fraction of sp³-hybridized carbons (Fsp3) is 0.333. The highest BCUT2D eigenvalue weighted by Gasteiger charge is 2.19. The van der Waals surface area contributed by atoms with Crippen LogP contribution < -0.4 is 16.5 Å². The van der Waals surface area contributed by atoms with Crippen molar-refractivity contribution in [1.82, 2.24) is 10.8 Å². The van der Waals surface area contributed by atoms with Crippen molar-refractivity contribution in [2.24, 2.45) is 5.73 Å². The van der Waals surface area contributed by atoms with Crippen molar-refractivity contribution >= 4 is 11.8 Å². The lowest BCUT2D eigenvalue weighted by Crippen LogP contribution is -2.50. The highest BCUT2D eigenvalue weighted by Crippen LogP contribution is 2.10. The number of carbonyl (C=O) groups excluding carboxylic acids is 2. The number of phenols is 1. The Morgan fingerprint density at radius 3 is 2.37 bits per heavy atom. The molecule has 0 unspecified atom stereocenters. The van der Waals surface area contributed by atoms with Crippen LogP contribution in [0.1, 0.15) is 12.5 Å². The number of nitrogens with two attached hydrogens (primary N) is 1. The van der Waals surface area contributed by atoms with Gasteiger partial charge in [-0.3, -0.25) is 14.8 Å². The van der Waals surface area contributed by atoms with Crippen molar-refractivity contribution in [1.29, 1.82) is 0 Å². The Morgan fingerprint density at radius 1 is 1.26 bits per heavy atom. The van der Waals surface area contributed by atoms with Gasteiger partial charge in [0.2, 0.25) is 5.91 Å². The van der Waals surface area contributed by atoms with Gasteiger partial charge in [-0.2, -0.15) is 0 Å². The van der Waals surface area contributed by atoms with Gasteiger partial charge in [0.15, 0.2) is 0 Å². The molecular formula is C12H17N3O4. The van der Waals surface area contributed by atoms with Crippen LogP contribution in [0.15, 0.2) is 24.3 Å². The summed E-state index contributed by atoms with van der Waals surface area (Å²) in [6, 6.07) is 4.63. The minimum Gasteiger partial charge on any atom is -0.508 e. The maximum Gasteiger partial charge on any atom is 0.265 e. The third-order valence-electron chi connectivity index (χ3n) is 2.59. The molecule has 0 saturated carbocycles. The number of carbonyl (C=O) groups is 2. The molecule has 0 fully saturated rings. The Bertz CT molecular complexity index is 447. The van der Waals surface area contributed by atoms with Crippen molar-refractivity contribution in [3.05, 3.63) is 29.8 Å². The summed E-state index contributed by atoms with van der Waals surface area (Å²) in [6.45, 7) is 1.43. The second-order valence-corrected chi connectivity index (χ2v) is 4.18. The number of hydrogen-bond acceptors (Lipinski definition) is 5. The number of hydroxylamine groups is 1. The molecule has 0 aliphatic heterocycles. The van der Waals surface area contributed by atoms with Crippen molar-refractivity contribution in [3.8, 4) is 5.75 Å². The zero-order valence-corrected chi connectivity index (χ0v) is 10.5. The number of benzene rings is 1. The largest absolute Gasteiger partial charge is 0.508 e. The number of nitrogens with one attached hydrogen (secondary N) is 2. The molecular weight excluding hydrogens is 250 g/mol. The molecule has 0 saturated heterocycles. The standard InChI is InChI=1S/C12H17N3O4/c1-7(11(17)15-19)14-12(18)10(13)6-8-2-4-9(16)5-3-8/h2-5,7,10,16,19H,6,13H2,1H3,(H,14,18)(H,15,17)/t7-,10+/m1/s1. The molecule has 7 heteroatoms. The molecule has 2 atom stereocenters. The normalized spacial score (nSPS) is 13.4. The van der Waals surface area contributed by atoms with Crippen LogP contribution in [-0.4, -0.2) is 34.2 Å². The van der Waals surface area contributed by atoms with Gasteiger partial charge in [-0.15, -0.1) is 0 Å². The molecule has 7 nitrogen and oxygen atoms in total. The van der Waals surface area contributed by atoms with Crippen LogP contribution in [0.3, 0.4) is 0 Å². The number of hydrogen-bond donors (Lipinski definition) is 5. The van der Waals surface area contributed by atoms with E-state index in [1.54, 1.807) is 12.1 Å². The Balaban J connectivity index is 2.53. The van der Waals surface area contributed by atoms with Gasteiger partial charge >= 0.3 is 0 Å². The summed E-state index contributed by atoms with van der Waals surface area (Å²) < 4.78 is 0. The van der Waals surface area contributed by atoms with Crippen molar-refractivity contribution < 1.29 is 19.9 Å². The van der Waals surface area contributed by atoms with Gasteiger partial charge in [-0.25, -0.2) is 5.48 Å². The third-order valence-corrected chi connectivity index (χ3v) is 2.59. The van der Waals surface area contributed by atoms with Crippen LogP contribution in [0.2, 0.25) is 0 Å². The van der Waals surface area contributed by atoms with Crippen LogP contribution in [0.4, 0.5) is 0 Å². The zero-order chi connectivity index (χ0) is 14.4. The predicted octanol–water partition coefficient (Wildman–Crippen LogP) is -0.728. The fourth-order valence-electron chi connectivity index (χ4n) is 1.46. The monoisotopic (exact) mass is 267 g/mol. The predicted molar refractivity (Wildman–Crippen MR) is 67.3 cm³/mol. The molecule has 1 aromatic rings. The van der Waals surface area contributed by atoms with E-state index < -0.39 is 23.9 Å². The van der Waals surface area contributed by atoms with E-state index in [0.717, 1.165) is 5.56 Å². The second-order valence-electron chi connectivity index (χ2n) is 4.18. The number of amides is 2. The zero-order valence-electron chi connectivity index (χ0n) is 10.5. The Hall–Kier alpha value is -2.12. The molecule has 19 heavy (non-hydrogen) atoms. The van der Waals surface area contributed by atoms with Crippen LogP contribution in [0, 0.1) is 0 Å². The summed E-state index contributed by atoms with van der Waals surface area (Å²) in [7, 11) is 0. The summed E-state index contributed by atoms with van der Waals surface area (Å²) in [5, 5.41) is 19.9.